The second kappa shape index (κ2) is 5.31. The zero-order chi connectivity index (χ0) is 18.0. The third-order valence-electron chi connectivity index (χ3n) is 5.71. The van der Waals surface area contributed by atoms with Crippen LogP contribution in [-0.4, -0.2) is 9.55 Å². The lowest BCUT2D eigenvalue weighted by molar-refractivity contribution is 1.08. The summed E-state index contributed by atoms with van der Waals surface area (Å²) in [4.78, 5) is 4.85. The maximum absolute atomic E-state index is 4.85. The van der Waals surface area contributed by atoms with E-state index in [1.54, 1.807) is 0 Å². The maximum atomic E-state index is 4.85. The lowest BCUT2D eigenvalue weighted by Gasteiger charge is -2.10. The molecule has 0 amide bonds. The smallest absolute Gasteiger partial charge is 0.0651 e. The summed E-state index contributed by atoms with van der Waals surface area (Å²) in [7, 11) is 0. The van der Waals surface area contributed by atoms with E-state index in [4.69, 9.17) is 4.98 Å². The van der Waals surface area contributed by atoms with E-state index in [1.165, 1.54) is 49.8 Å². The molecule has 0 atom stereocenters. The van der Waals surface area contributed by atoms with Gasteiger partial charge in [-0.25, -0.2) is 0 Å². The van der Waals surface area contributed by atoms with Gasteiger partial charge in [0.2, 0.25) is 0 Å². The minimum Gasteiger partial charge on any atom is -0.308 e. The Bertz CT molecular complexity index is 1300. The molecule has 27 heavy (non-hydrogen) atoms. The molecule has 5 aromatic rings. The van der Waals surface area contributed by atoms with Crippen molar-refractivity contribution in [2.75, 3.05) is 0 Å². The van der Waals surface area contributed by atoms with E-state index in [-0.39, 0.29) is 0 Å². The van der Waals surface area contributed by atoms with Crippen molar-refractivity contribution in [3.05, 3.63) is 95.8 Å². The first-order chi connectivity index (χ1) is 13.3. The molecule has 1 aliphatic carbocycles. The Morgan fingerprint density at radius 3 is 2.22 bits per heavy atom. The van der Waals surface area contributed by atoms with Crippen LogP contribution in [0.3, 0.4) is 0 Å². The Balaban J connectivity index is 1.67. The Morgan fingerprint density at radius 1 is 0.778 bits per heavy atom. The molecule has 0 N–H and O–H groups in total. The number of nitrogens with zero attached hydrogens (tertiary/aromatic N) is 2. The van der Waals surface area contributed by atoms with Crippen molar-refractivity contribution in [2.45, 2.75) is 13.3 Å². The number of pyridine rings is 1. The second-order valence-corrected chi connectivity index (χ2v) is 7.39. The zero-order valence-corrected chi connectivity index (χ0v) is 15.1. The number of para-hydroxylation sites is 2. The van der Waals surface area contributed by atoms with Gasteiger partial charge in [-0.05, 0) is 36.2 Å². The third-order valence-corrected chi connectivity index (χ3v) is 5.71. The van der Waals surface area contributed by atoms with Crippen LogP contribution in [0.5, 0.6) is 0 Å². The Hall–Kier alpha value is -3.39. The average molecular weight is 346 g/mol. The van der Waals surface area contributed by atoms with Crippen LogP contribution in [0, 0.1) is 6.92 Å². The SMILES string of the molecule is Cc1ccc2c(c1)-c1cc(-n3c4ccccc4c4ccccc43)cnc1C2. The van der Waals surface area contributed by atoms with Crippen LogP contribution in [-0.2, 0) is 6.42 Å². The van der Waals surface area contributed by atoms with E-state index in [0.717, 1.165) is 12.1 Å². The lowest BCUT2D eigenvalue weighted by Crippen LogP contribution is -1.97. The highest BCUT2D eigenvalue weighted by Gasteiger charge is 2.21. The minimum absolute atomic E-state index is 0.929. The first-order valence-electron chi connectivity index (χ1n) is 9.37. The van der Waals surface area contributed by atoms with Crippen molar-refractivity contribution in [2.24, 2.45) is 0 Å². The van der Waals surface area contributed by atoms with Crippen LogP contribution in [0.15, 0.2) is 79.0 Å². The fraction of sp³-hybridized carbons (Fsp3) is 0.0800. The number of hydrogen-bond acceptors (Lipinski definition) is 1. The van der Waals surface area contributed by atoms with Crippen molar-refractivity contribution >= 4 is 21.8 Å². The van der Waals surface area contributed by atoms with E-state index in [0.29, 0.717) is 0 Å². The van der Waals surface area contributed by atoms with Crippen LogP contribution in [0.2, 0.25) is 0 Å². The van der Waals surface area contributed by atoms with Gasteiger partial charge in [-0.15, -0.1) is 0 Å². The van der Waals surface area contributed by atoms with Crippen molar-refractivity contribution in [1.82, 2.24) is 9.55 Å². The van der Waals surface area contributed by atoms with Crippen molar-refractivity contribution in [1.29, 1.82) is 0 Å². The molecule has 0 spiro atoms. The molecular weight excluding hydrogens is 328 g/mol. The molecule has 0 fully saturated rings. The number of hydrogen-bond donors (Lipinski definition) is 0. The fourth-order valence-corrected chi connectivity index (χ4v) is 4.45. The molecule has 3 aromatic carbocycles. The van der Waals surface area contributed by atoms with Crippen molar-refractivity contribution < 1.29 is 0 Å². The van der Waals surface area contributed by atoms with E-state index in [1.807, 2.05) is 6.20 Å². The first kappa shape index (κ1) is 14.7. The predicted molar refractivity (Wildman–Crippen MR) is 112 cm³/mol. The molecular formula is C25H18N2. The minimum atomic E-state index is 0.929. The quantitative estimate of drug-likeness (QED) is 0.354. The van der Waals surface area contributed by atoms with Gasteiger partial charge in [-0.1, -0.05) is 60.2 Å². The standard InChI is InChI=1S/C25H18N2/c1-16-10-11-17-13-23-22(21(17)12-16)14-18(15-26-23)27-24-8-4-2-6-19(24)20-7-3-5-9-25(20)27/h2-12,14-15H,13H2,1H3. The number of fused-ring (bicyclic) bond motifs is 6. The van der Waals surface area contributed by atoms with E-state index in [9.17, 15) is 0 Å². The van der Waals surface area contributed by atoms with E-state index in [2.05, 4.69) is 84.3 Å². The molecule has 2 nitrogen and oxygen atoms in total. The zero-order valence-electron chi connectivity index (χ0n) is 15.1. The Kier molecular flexibility index (Phi) is 2.90. The van der Waals surface area contributed by atoms with Gasteiger partial charge in [0.25, 0.3) is 0 Å². The molecule has 0 unspecified atom stereocenters. The summed E-state index contributed by atoms with van der Waals surface area (Å²) in [5, 5.41) is 2.56. The number of rotatable bonds is 1. The Morgan fingerprint density at radius 2 is 1.48 bits per heavy atom. The largest absolute Gasteiger partial charge is 0.308 e. The van der Waals surface area contributed by atoms with Crippen LogP contribution in [0.1, 0.15) is 16.8 Å². The highest BCUT2D eigenvalue weighted by Crippen LogP contribution is 2.38. The van der Waals surface area contributed by atoms with E-state index < -0.39 is 0 Å². The second-order valence-electron chi connectivity index (χ2n) is 7.39. The van der Waals surface area contributed by atoms with Gasteiger partial charge in [0, 0.05) is 22.8 Å². The molecule has 0 saturated heterocycles. The monoisotopic (exact) mass is 346 g/mol. The highest BCUT2D eigenvalue weighted by molar-refractivity contribution is 6.09. The van der Waals surface area contributed by atoms with Gasteiger partial charge in [0.15, 0.2) is 0 Å². The molecule has 6 rings (SSSR count). The highest BCUT2D eigenvalue weighted by atomic mass is 15.0. The number of aromatic nitrogens is 2. The topological polar surface area (TPSA) is 17.8 Å². The fourth-order valence-electron chi connectivity index (χ4n) is 4.45. The molecule has 0 saturated carbocycles. The molecule has 0 aliphatic heterocycles. The molecule has 0 radical (unpaired) electrons. The van der Waals surface area contributed by atoms with E-state index >= 15 is 0 Å². The third kappa shape index (κ3) is 2.04. The summed E-state index contributed by atoms with van der Waals surface area (Å²) in [6, 6.07) is 26.3. The molecule has 1 aliphatic rings. The number of benzene rings is 3. The van der Waals surface area contributed by atoms with Crippen LogP contribution >= 0.6 is 0 Å². The number of aryl methyl sites for hydroxylation is 1. The van der Waals surface area contributed by atoms with Crippen LogP contribution in [0.25, 0.3) is 38.6 Å². The van der Waals surface area contributed by atoms with Crippen molar-refractivity contribution in [3.63, 3.8) is 0 Å². The normalized spacial score (nSPS) is 12.5. The van der Waals surface area contributed by atoms with Gasteiger partial charge in [-0.2, -0.15) is 0 Å². The van der Waals surface area contributed by atoms with Crippen LogP contribution in [0.4, 0.5) is 0 Å². The first-order valence-corrected chi connectivity index (χ1v) is 9.37. The van der Waals surface area contributed by atoms with Gasteiger partial charge in [0.05, 0.1) is 28.6 Å². The predicted octanol–water partition coefficient (Wildman–Crippen LogP) is 6.06. The van der Waals surface area contributed by atoms with Crippen LogP contribution < -0.4 is 0 Å². The summed E-state index contributed by atoms with van der Waals surface area (Å²) >= 11 is 0. The summed E-state index contributed by atoms with van der Waals surface area (Å²) in [5.74, 6) is 0. The Labute approximate surface area is 157 Å². The van der Waals surface area contributed by atoms with Gasteiger partial charge in [0.1, 0.15) is 0 Å². The van der Waals surface area contributed by atoms with Gasteiger partial charge < -0.3 is 4.57 Å². The summed E-state index contributed by atoms with van der Waals surface area (Å²) in [6.07, 6.45) is 2.95. The average Bonchev–Trinajstić information content (AvgIpc) is 3.23. The molecule has 128 valence electrons. The molecule has 0 bridgehead atoms. The summed E-state index contributed by atoms with van der Waals surface area (Å²) < 4.78 is 2.34. The molecule has 2 heteroatoms. The summed E-state index contributed by atoms with van der Waals surface area (Å²) in [5.41, 5.74) is 10.0. The molecule has 2 aromatic heterocycles. The summed E-state index contributed by atoms with van der Waals surface area (Å²) in [6.45, 7) is 2.16. The maximum Gasteiger partial charge on any atom is 0.0651 e. The van der Waals surface area contributed by atoms with Gasteiger partial charge >= 0.3 is 0 Å². The lowest BCUT2D eigenvalue weighted by atomic mass is 10.0. The van der Waals surface area contributed by atoms with Crippen molar-refractivity contribution in [3.8, 4) is 16.8 Å². The van der Waals surface area contributed by atoms with Gasteiger partial charge in [-0.3, -0.25) is 4.98 Å². The molecule has 2 heterocycles.